The third-order valence-corrected chi connectivity index (χ3v) is 5.57. The van der Waals surface area contributed by atoms with Crippen molar-refractivity contribution in [3.05, 3.63) is 70.3 Å². The van der Waals surface area contributed by atoms with Crippen LogP contribution in [-0.4, -0.2) is 25.0 Å². The summed E-state index contributed by atoms with van der Waals surface area (Å²) in [6.45, 7) is 0.259. The number of benzene rings is 2. The summed E-state index contributed by atoms with van der Waals surface area (Å²) in [5, 5.41) is 18.5. The molecule has 0 bridgehead atoms. The third-order valence-electron chi connectivity index (χ3n) is 4.00. The zero-order valence-electron chi connectivity index (χ0n) is 15.2. The average Bonchev–Trinajstić information content (AvgIpc) is 3.33. The van der Waals surface area contributed by atoms with E-state index in [4.69, 9.17) is 32.4 Å². The number of rotatable bonds is 7. The largest absolute Gasteiger partial charge is 0.484 e. The Morgan fingerprint density at radius 1 is 1.00 bits per heavy atom. The fraction of sp³-hybridized carbons (Fsp3) is 0.158. The van der Waals surface area contributed by atoms with Crippen LogP contribution in [0.25, 0.3) is 11.5 Å². The van der Waals surface area contributed by atoms with Gasteiger partial charge >= 0.3 is 0 Å². The minimum absolute atomic E-state index is 0.259. The highest BCUT2D eigenvalue weighted by Gasteiger charge is 2.14. The van der Waals surface area contributed by atoms with Crippen molar-refractivity contribution in [1.82, 2.24) is 25.0 Å². The molecule has 0 aliphatic heterocycles. The summed E-state index contributed by atoms with van der Waals surface area (Å²) in [6, 6.07) is 14.5. The number of halogens is 2. The molecule has 0 aliphatic rings. The van der Waals surface area contributed by atoms with Crippen LogP contribution in [0.1, 0.15) is 11.7 Å². The van der Waals surface area contributed by atoms with E-state index >= 15 is 0 Å². The normalized spacial score (nSPS) is 11.0. The predicted octanol–water partition coefficient (Wildman–Crippen LogP) is 5.04. The molecule has 2 aromatic carbocycles. The quantitative estimate of drug-likeness (QED) is 0.367. The number of aromatic nitrogens is 5. The van der Waals surface area contributed by atoms with E-state index in [1.165, 1.54) is 11.8 Å². The van der Waals surface area contributed by atoms with Crippen LogP contribution in [0.2, 0.25) is 10.0 Å². The van der Waals surface area contributed by atoms with Crippen molar-refractivity contribution in [3.63, 3.8) is 0 Å². The molecule has 0 radical (unpaired) electrons. The smallest absolute Gasteiger partial charge is 0.247 e. The van der Waals surface area contributed by atoms with Gasteiger partial charge in [-0.1, -0.05) is 47.1 Å². The summed E-state index contributed by atoms with van der Waals surface area (Å²) in [5.74, 6) is 2.70. The highest BCUT2D eigenvalue weighted by Crippen LogP contribution is 2.26. The molecule has 2 aromatic heterocycles. The first-order valence-corrected chi connectivity index (χ1v) is 10.3. The SMILES string of the molecule is Cn1c(COc2ccccc2Cl)nnc1SCc1nnc(-c2ccc(Cl)cc2)o1. The highest BCUT2D eigenvalue weighted by molar-refractivity contribution is 7.98. The molecular weight excluding hydrogens is 433 g/mol. The molecular formula is C19H15Cl2N5O2S. The minimum atomic E-state index is 0.259. The van der Waals surface area contributed by atoms with E-state index in [2.05, 4.69) is 20.4 Å². The van der Waals surface area contributed by atoms with Gasteiger partial charge in [-0.05, 0) is 36.4 Å². The van der Waals surface area contributed by atoms with Gasteiger partial charge in [-0.2, -0.15) is 0 Å². The lowest BCUT2D eigenvalue weighted by Crippen LogP contribution is -2.04. The monoisotopic (exact) mass is 447 g/mol. The van der Waals surface area contributed by atoms with E-state index < -0.39 is 0 Å². The first kappa shape index (κ1) is 19.8. The molecule has 10 heteroatoms. The molecule has 0 N–H and O–H groups in total. The molecule has 4 rings (SSSR count). The van der Waals surface area contributed by atoms with Crippen molar-refractivity contribution in [2.75, 3.05) is 0 Å². The van der Waals surface area contributed by atoms with Gasteiger partial charge < -0.3 is 13.7 Å². The van der Waals surface area contributed by atoms with E-state index in [1.807, 2.05) is 41.9 Å². The maximum absolute atomic E-state index is 6.11. The molecule has 0 aliphatic carbocycles. The van der Waals surface area contributed by atoms with Gasteiger partial charge in [0.1, 0.15) is 12.4 Å². The molecule has 0 fully saturated rings. The topological polar surface area (TPSA) is 78.9 Å². The lowest BCUT2D eigenvalue weighted by atomic mass is 10.2. The Labute approximate surface area is 181 Å². The molecule has 7 nitrogen and oxygen atoms in total. The van der Waals surface area contributed by atoms with E-state index in [-0.39, 0.29) is 6.61 Å². The summed E-state index contributed by atoms with van der Waals surface area (Å²) in [6.07, 6.45) is 0. The lowest BCUT2D eigenvalue weighted by Gasteiger charge is -2.07. The van der Waals surface area contributed by atoms with Gasteiger partial charge in [0.05, 0.1) is 10.8 Å². The second kappa shape index (κ2) is 8.86. The first-order chi connectivity index (χ1) is 14.1. The molecule has 0 spiro atoms. The van der Waals surface area contributed by atoms with Crippen molar-refractivity contribution in [2.24, 2.45) is 7.05 Å². The highest BCUT2D eigenvalue weighted by atomic mass is 35.5. The van der Waals surface area contributed by atoms with Crippen LogP contribution in [0.4, 0.5) is 0 Å². The van der Waals surface area contributed by atoms with Gasteiger partial charge in [-0.15, -0.1) is 20.4 Å². The maximum atomic E-state index is 6.11. The third kappa shape index (κ3) is 4.72. The van der Waals surface area contributed by atoms with Crippen LogP contribution in [0.15, 0.2) is 58.1 Å². The number of hydrogen-bond acceptors (Lipinski definition) is 7. The Kier molecular flexibility index (Phi) is 6.03. The molecule has 148 valence electrons. The van der Waals surface area contributed by atoms with Crippen LogP contribution in [-0.2, 0) is 19.4 Å². The Balaban J connectivity index is 1.37. The number of ether oxygens (including phenoxy) is 1. The van der Waals surface area contributed by atoms with E-state index in [0.29, 0.717) is 44.3 Å². The fourth-order valence-electron chi connectivity index (χ4n) is 2.45. The molecule has 0 atom stereocenters. The molecule has 4 aromatic rings. The van der Waals surface area contributed by atoms with Gasteiger partial charge in [0.25, 0.3) is 0 Å². The Bertz CT molecular complexity index is 1110. The summed E-state index contributed by atoms with van der Waals surface area (Å²) < 4.78 is 13.3. The number of nitrogens with zero attached hydrogens (tertiary/aromatic N) is 5. The lowest BCUT2D eigenvalue weighted by molar-refractivity contribution is 0.290. The average molecular weight is 448 g/mol. The van der Waals surface area contributed by atoms with Crippen molar-refractivity contribution in [1.29, 1.82) is 0 Å². The summed E-state index contributed by atoms with van der Waals surface area (Å²) >= 11 is 13.5. The summed E-state index contributed by atoms with van der Waals surface area (Å²) in [5.41, 5.74) is 0.816. The fourth-order valence-corrected chi connectivity index (χ4v) is 3.53. The van der Waals surface area contributed by atoms with Crippen LogP contribution >= 0.6 is 35.0 Å². The Hall–Kier alpha value is -2.55. The zero-order valence-corrected chi connectivity index (χ0v) is 17.6. The van der Waals surface area contributed by atoms with E-state index in [1.54, 1.807) is 18.2 Å². The van der Waals surface area contributed by atoms with Crippen molar-refractivity contribution >= 4 is 35.0 Å². The molecule has 0 saturated heterocycles. The van der Waals surface area contributed by atoms with Crippen molar-refractivity contribution in [2.45, 2.75) is 17.5 Å². The Morgan fingerprint density at radius 2 is 1.79 bits per heavy atom. The van der Waals surface area contributed by atoms with E-state index in [9.17, 15) is 0 Å². The standard InChI is InChI=1S/C19H15Cl2N5O2S/c1-26-16(10-27-15-5-3-2-4-14(15)21)22-25-19(26)29-11-17-23-24-18(28-17)12-6-8-13(20)9-7-12/h2-9H,10-11H2,1H3. The minimum Gasteiger partial charge on any atom is -0.484 e. The van der Waals surface area contributed by atoms with Gasteiger partial charge in [0.2, 0.25) is 11.8 Å². The van der Waals surface area contributed by atoms with Gasteiger partial charge in [0, 0.05) is 17.6 Å². The summed E-state index contributed by atoms with van der Waals surface area (Å²) in [7, 11) is 1.88. The molecule has 0 amide bonds. The second-order valence-electron chi connectivity index (χ2n) is 5.97. The van der Waals surface area contributed by atoms with Crippen LogP contribution in [0.3, 0.4) is 0 Å². The maximum Gasteiger partial charge on any atom is 0.247 e. The summed E-state index contributed by atoms with van der Waals surface area (Å²) in [4.78, 5) is 0. The van der Waals surface area contributed by atoms with Gasteiger partial charge in [-0.25, -0.2) is 0 Å². The van der Waals surface area contributed by atoms with Crippen molar-refractivity contribution < 1.29 is 9.15 Å². The molecule has 0 unspecified atom stereocenters. The van der Waals surface area contributed by atoms with Crippen molar-refractivity contribution in [3.8, 4) is 17.2 Å². The van der Waals surface area contributed by atoms with Gasteiger partial charge in [0.15, 0.2) is 11.0 Å². The first-order valence-electron chi connectivity index (χ1n) is 8.57. The molecule has 29 heavy (non-hydrogen) atoms. The zero-order chi connectivity index (χ0) is 20.2. The van der Waals surface area contributed by atoms with Crippen LogP contribution < -0.4 is 4.74 Å². The number of para-hydroxylation sites is 1. The number of thioether (sulfide) groups is 1. The molecule has 0 saturated carbocycles. The van der Waals surface area contributed by atoms with E-state index in [0.717, 1.165) is 5.56 Å². The Morgan fingerprint density at radius 3 is 2.59 bits per heavy atom. The number of hydrogen-bond donors (Lipinski definition) is 0. The van der Waals surface area contributed by atoms with Crippen LogP contribution in [0, 0.1) is 0 Å². The molecule has 2 heterocycles. The predicted molar refractivity (Wildman–Crippen MR) is 111 cm³/mol. The van der Waals surface area contributed by atoms with Gasteiger partial charge in [-0.3, -0.25) is 0 Å². The second-order valence-corrected chi connectivity index (χ2v) is 7.76. The van der Waals surface area contributed by atoms with Crippen LogP contribution in [0.5, 0.6) is 5.75 Å².